The summed E-state index contributed by atoms with van der Waals surface area (Å²) in [6.07, 6.45) is 2.51. The predicted molar refractivity (Wildman–Crippen MR) is 100 cm³/mol. The molecule has 4 nitrogen and oxygen atoms in total. The highest BCUT2D eigenvalue weighted by Gasteiger charge is 2.38. The molecule has 1 aromatic heterocycles. The van der Waals surface area contributed by atoms with Crippen LogP contribution in [0.4, 0.5) is 0 Å². The standard InChI is InChI=1S/C22H23N3O/c1-3-7-17(8-4-1)20(18-9-5-2-6-10-18)21-23-22(26-24-21)19-15-25-13-11-16(19)12-14-25/h1-10,16,19-20H,11-15H2. The number of hydrogen-bond donors (Lipinski definition) is 0. The van der Waals surface area contributed by atoms with E-state index < -0.39 is 0 Å². The summed E-state index contributed by atoms with van der Waals surface area (Å²) in [6.45, 7) is 3.51. The fraction of sp³-hybridized carbons (Fsp3) is 0.364. The maximum atomic E-state index is 5.79. The number of aromatic nitrogens is 2. The molecule has 0 aliphatic carbocycles. The molecule has 132 valence electrons. The van der Waals surface area contributed by atoms with Crippen LogP contribution in [0.25, 0.3) is 0 Å². The molecule has 3 aromatic rings. The van der Waals surface area contributed by atoms with Gasteiger partial charge >= 0.3 is 0 Å². The van der Waals surface area contributed by atoms with Gasteiger partial charge in [0.15, 0.2) is 5.82 Å². The lowest BCUT2D eigenvalue weighted by atomic mass is 9.79. The van der Waals surface area contributed by atoms with Crippen molar-refractivity contribution in [2.75, 3.05) is 19.6 Å². The van der Waals surface area contributed by atoms with E-state index in [4.69, 9.17) is 9.51 Å². The number of fused-ring (bicyclic) bond motifs is 3. The molecule has 3 aliphatic rings. The van der Waals surface area contributed by atoms with E-state index in [1.807, 2.05) is 12.1 Å². The first kappa shape index (κ1) is 15.8. The van der Waals surface area contributed by atoms with Crippen molar-refractivity contribution in [3.8, 4) is 0 Å². The number of nitrogens with zero attached hydrogens (tertiary/aromatic N) is 3. The van der Waals surface area contributed by atoms with E-state index in [9.17, 15) is 0 Å². The van der Waals surface area contributed by atoms with Gasteiger partial charge in [0, 0.05) is 6.54 Å². The van der Waals surface area contributed by atoms with Gasteiger partial charge in [0.2, 0.25) is 5.89 Å². The number of rotatable bonds is 4. The number of benzene rings is 2. The van der Waals surface area contributed by atoms with Gasteiger partial charge < -0.3 is 9.42 Å². The van der Waals surface area contributed by atoms with Crippen LogP contribution in [-0.2, 0) is 0 Å². The Morgan fingerprint density at radius 3 is 2.04 bits per heavy atom. The average molecular weight is 345 g/mol. The van der Waals surface area contributed by atoms with Crippen LogP contribution in [-0.4, -0.2) is 34.7 Å². The largest absolute Gasteiger partial charge is 0.339 e. The highest BCUT2D eigenvalue weighted by molar-refractivity contribution is 5.38. The summed E-state index contributed by atoms with van der Waals surface area (Å²) in [5.41, 5.74) is 2.39. The Kier molecular flexibility index (Phi) is 4.06. The van der Waals surface area contributed by atoms with Crippen LogP contribution in [0, 0.1) is 5.92 Å². The van der Waals surface area contributed by atoms with E-state index in [2.05, 4.69) is 58.6 Å². The van der Waals surface area contributed by atoms with Crippen LogP contribution in [0.2, 0.25) is 0 Å². The Bertz CT molecular complexity index is 814. The van der Waals surface area contributed by atoms with Crippen LogP contribution in [0.15, 0.2) is 65.2 Å². The fourth-order valence-electron chi connectivity index (χ4n) is 4.54. The molecule has 4 heteroatoms. The van der Waals surface area contributed by atoms with Crippen LogP contribution in [0.5, 0.6) is 0 Å². The smallest absolute Gasteiger partial charge is 0.231 e. The molecule has 3 aliphatic heterocycles. The zero-order valence-electron chi connectivity index (χ0n) is 14.8. The SMILES string of the molecule is c1ccc(C(c2ccccc2)c2noc(C3CN4CCC3CC4)n2)cc1. The minimum Gasteiger partial charge on any atom is -0.339 e. The molecule has 0 N–H and O–H groups in total. The van der Waals surface area contributed by atoms with Gasteiger partial charge in [-0.2, -0.15) is 4.98 Å². The van der Waals surface area contributed by atoms with Crippen molar-refractivity contribution in [2.24, 2.45) is 5.92 Å². The maximum Gasteiger partial charge on any atom is 0.231 e. The summed E-state index contributed by atoms with van der Waals surface area (Å²) in [7, 11) is 0. The molecule has 3 saturated heterocycles. The van der Waals surface area contributed by atoms with Gasteiger partial charge in [-0.1, -0.05) is 65.8 Å². The van der Waals surface area contributed by atoms with Crippen molar-refractivity contribution in [3.63, 3.8) is 0 Å². The summed E-state index contributed by atoms with van der Waals surface area (Å²) >= 11 is 0. The Morgan fingerprint density at radius 1 is 0.885 bits per heavy atom. The monoisotopic (exact) mass is 345 g/mol. The highest BCUT2D eigenvalue weighted by Crippen LogP contribution is 2.39. The molecule has 0 radical (unpaired) electrons. The van der Waals surface area contributed by atoms with E-state index in [-0.39, 0.29) is 5.92 Å². The second-order valence-corrected chi connectivity index (χ2v) is 7.49. The molecule has 1 atom stereocenters. The summed E-state index contributed by atoms with van der Waals surface area (Å²) < 4.78 is 5.79. The third-order valence-electron chi connectivity index (χ3n) is 5.95. The summed E-state index contributed by atoms with van der Waals surface area (Å²) in [6, 6.07) is 20.9. The first-order chi connectivity index (χ1) is 12.9. The normalized spacial score (nSPS) is 24.9. The average Bonchev–Trinajstić information content (AvgIpc) is 3.20. The molecule has 2 bridgehead atoms. The third kappa shape index (κ3) is 2.84. The lowest BCUT2D eigenvalue weighted by Crippen LogP contribution is -2.46. The molecule has 0 saturated carbocycles. The van der Waals surface area contributed by atoms with Crippen molar-refractivity contribution in [1.82, 2.24) is 15.0 Å². The zero-order chi connectivity index (χ0) is 17.3. The van der Waals surface area contributed by atoms with Gasteiger partial charge in [0.1, 0.15) is 0 Å². The van der Waals surface area contributed by atoms with Crippen LogP contribution in [0.1, 0.15) is 47.5 Å². The summed E-state index contributed by atoms with van der Waals surface area (Å²) in [4.78, 5) is 7.43. The molecular formula is C22H23N3O. The van der Waals surface area contributed by atoms with Gasteiger partial charge in [0.05, 0.1) is 11.8 Å². The zero-order valence-corrected chi connectivity index (χ0v) is 14.8. The van der Waals surface area contributed by atoms with Crippen LogP contribution in [0.3, 0.4) is 0 Å². The van der Waals surface area contributed by atoms with Crippen molar-refractivity contribution in [3.05, 3.63) is 83.5 Å². The Hall–Kier alpha value is -2.46. The molecule has 0 amide bonds. The van der Waals surface area contributed by atoms with Crippen molar-refractivity contribution < 1.29 is 4.52 Å². The van der Waals surface area contributed by atoms with E-state index in [1.165, 1.54) is 37.1 Å². The minimum absolute atomic E-state index is 0.0102. The van der Waals surface area contributed by atoms with Gasteiger partial charge in [-0.3, -0.25) is 0 Å². The molecule has 6 rings (SSSR count). The second kappa shape index (κ2) is 6.69. The molecule has 0 spiro atoms. The Labute approximate surface area is 153 Å². The molecular weight excluding hydrogens is 322 g/mol. The summed E-state index contributed by atoms with van der Waals surface area (Å²) in [5, 5.41) is 4.42. The topological polar surface area (TPSA) is 42.2 Å². The van der Waals surface area contributed by atoms with E-state index in [1.54, 1.807) is 0 Å². The Morgan fingerprint density at radius 2 is 1.50 bits per heavy atom. The molecule has 4 heterocycles. The van der Waals surface area contributed by atoms with Gasteiger partial charge in [-0.05, 0) is 43.0 Å². The minimum atomic E-state index is 0.0102. The second-order valence-electron chi connectivity index (χ2n) is 7.49. The predicted octanol–water partition coefficient (Wildman–Crippen LogP) is 4.06. The van der Waals surface area contributed by atoms with Gasteiger partial charge in [-0.15, -0.1) is 0 Å². The third-order valence-corrected chi connectivity index (χ3v) is 5.95. The van der Waals surface area contributed by atoms with Crippen LogP contribution < -0.4 is 0 Å². The lowest BCUT2D eigenvalue weighted by Gasteiger charge is -2.43. The number of hydrogen-bond acceptors (Lipinski definition) is 4. The first-order valence-electron chi connectivity index (χ1n) is 9.54. The fourth-order valence-corrected chi connectivity index (χ4v) is 4.54. The molecule has 3 fully saturated rings. The van der Waals surface area contributed by atoms with Crippen molar-refractivity contribution in [2.45, 2.75) is 24.7 Å². The number of piperidine rings is 3. The molecule has 2 aromatic carbocycles. The Balaban J connectivity index is 1.51. The molecule has 1 unspecified atom stereocenters. The van der Waals surface area contributed by atoms with Gasteiger partial charge in [-0.25, -0.2) is 0 Å². The van der Waals surface area contributed by atoms with E-state index >= 15 is 0 Å². The van der Waals surface area contributed by atoms with Crippen LogP contribution >= 0.6 is 0 Å². The summed E-state index contributed by atoms with van der Waals surface area (Å²) in [5.74, 6) is 2.70. The van der Waals surface area contributed by atoms with Gasteiger partial charge in [0.25, 0.3) is 0 Å². The molecule has 26 heavy (non-hydrogen) atoms. The highest BCUT2D eigenvalue weighted by atomic mass is 16.5. The lowest BCUT2D eigenvalue weighted by molar-refractivity contribution is 0.0727. The van der Waals surface area contributed by atoms with Crippen molar-refractivity contribution >= 4 is 0 Å². The van der Waals surface area contributed by atoms with Crippen molar-refractivity contribution in [1.29, 1.82) is 0 Å². The first-order valence-corrected chi connectivity index (χ1v) is 9.54. The van der Waals surface area contributed by atoms with E-state index in [0.717, 1.165) is 18.3 Å². The van der Waals surface area contributed by atoms with E-state index in [0.29, 0.717) is 11.8 Å². The quantitative estimate of drug-likeness (QED) is 0.715. The maximum absolute atomic E-state index is 5.79.